The molecule has 4 saturated carbocycles. The Balaban J connectivity index is 1.36. The van der Waals surface area contributed by atoms with Crippen LogP contribution in [-0.4, -0.2) is 20.5 Å². The zero-order valence-corrected chi connectivity index (χ0v) is 22.0. The molecule has 0 amide bonds. The molecule has 1 aromatic rings. The molecule has 4 aliphatic rings. The largest absolute Gasteiger partial charge is 0.388 e. The second-order valence-corrected chi connectivity index (χ2v) is 13.4. The molecular formula is C30H47N3O. The standard InChI is InChI=1S/C30H47N3O/c1-5-6-21-8-10-24-23(15-21)9-11-26-25(24)13-14-29(3)27(12-7-20(2)28(26)29)30(4,34)19-33-18-22(16-31)17-32-33/h17-18,20-21,23-28,34H,5-15,19H2,1-4H3/t20-,21+,23?,24+,25?,26-,27+,28?,29-,30+/m1/s1. The highest BCUT2D eigenvalue weighted by Crippen LogP contribution is 2.65. The summed E-state index contributed by atoms with van der Waals surface area (Å²) in [5, 5.41) is 25.4. The van der Waals surface area contributed by atoms with Gasteiger partial charge in [-0.15, -0.1) is 0 Å². The fraction of sp³-hybridized carbons (Fsp3) is 0.867. The molecule has 0 aliphatic heterocycles. The summed E-state index contributed by atoms with van der Waals surface area (Å²) < 4.78 is 1.79. The third-order valence-corrected chi connectivity index (χ3v) is 11.4. The lowest BCUT2D eigenvalue weighted by Gasteiger charge is -2.64. The molecule has 0 saturated heterocycles. The third kappa shape index (κ3) is 4.15. The van der Waals surface area contributed by atoms with Crippen molar-refractivity contribution in [2.75, 3.05) is 0 Å². The van der Waals surface area contributed by atoms with Crippen LogP contribution in [0, 0.1) is 64.1 Å². The molecule has 4 nitrogen and oxygen atoms in total. The predicted octanol–water partition coefficient (Wildman–Crippen LogP) is 6.83. The van der Waals surface area contributed by atoms with Gasteiger partial charge in [0, 0.05) is 6.20 Å². The van der Waals surface area contributed by atoms with Gasteiger partial charge < -0.3 is 5.11 Å². The molecule has 1 N–H and O–H groups in total. The van der Waals surface area contributed by atoms with Crippen LogP contribution >= 0.6 is 0 Å². The van der Waals surface area contributed by atoms with Crippen molar-refractivity contribution < 1.29 is 5.11 Å². The zero-order valence-electron chi connectivity index (χ0n) is 22.0. The van der Waals surface area contributed by atoms with Gasteiger partial charge in [-0.2, -0.15) is 10.4 Å². The summed E-state index contributed by atoms with van der Waals surface area (Å²) in [5.74, 6) is 6.51. The molecule has 4 aliphatic carbocycles. The minimum atomic E-state index is -0.811. The second-order valence-electron chi connectivity index (χ2n) is 13.4. The van der Waals surface area contributed by atoms with E-state index in [2.05, 4.69) is 31.9 Å². The van der Waals surface area contributed by atoms with Gasteiger partial charge >= 0.3 is 0 Å². The lowest BCUT2D eigenvalue weighted by atomic mass is 9.42. The summed E-state index contributed by atoms with van der Waals surface area (Å²) in [5.41, 5.74) is -0.0448. The molecule has 4 fully saturated rings. The van der Waals surface area contributed by atoms with Crippen molar-refractivity contribution in [1.29, 1.82) is 5.26 Å². The van der Waals surface area contributed by atoms with E-state index in [1.54, 1.807) is 17.1 Å². The average Bonchev–Trinajstić information content (AvgIpc) is 3.25. The number of hydrogen-bond acceptors (Lipinski definition) is 3. The van der Waals surface area contributed by atoms with Gasteiger partial charge in [0.2, 0.25) is 0 Å². The van der Waals surface area contributed by atoms with E-state index in [1.165, 1.54) is 64.2 Å². The maximum Gasteiger partial charge on any atom is 0.102 e. The van der Waals surface area contributed by atoms with E-state index in [0.29, 0.717) is 12.1 Å². The van der Waals surface area contributed by atoms with Crippen molar-refractivity contribution in [3.05, 3.63) is 18.0 Å². The minimum Gasteiger partial charge on any atom is -0.388 e. The quantitative estimate of drug-likeness (QED) is 0.518. The zero-order chi connectivity index (χ0) is 24.1. The van der Waals surface area contributed by atoms with Crippen molar-refractivity contribution in [2.45, 2.75) is 110 Å². The van der Waals surface area contributed by atoms with Crippen LogP contribution in [0.3, 0.4) is 0 Å². The first kappa shape index (κ1) is 24.4. The molecule has 0 spiro atoms. The topological polar surface area (TPSA) is 61.8 Å². The Morgan fingerprint density at radius 2 is 1.94 bits per heavy atom. The fourth-order valence-corrected chi connectivity index (χ4v) is 10.3. The highest BCUT2D eigenvalue weighted by atomic mass is 16.3. The number of rotatable bonds is 5. The first-order valence-electron chi connectivity index (χ1n) is 14.4. The summed E-state index contributed by atoms with van der Waals surface area (Å²) in [7, 11) is 0. The Hall–Kier alpha value is -1.34. The van der Waals surface area contributed by atoms with Gasteiger partial charge in [0.1, 0.15) is 6.07 Å². The van der Waals surface area contributed by atoms with Gasteiger partial charge in [-0.1, -0.05) is 46.5 Å². The van der Waals surface area contributed by atoms with Crippen LogP contribution in [0.25, 0.3) is 0 Å². The Morgan fingerprint density at radius 3 is 2.68 bits per heavy atom. The van der Waals surface area contributed by atoms with Crippen LogP contribution in [0.2, 0.25) is 0 Å². The van der Waals surface area contributed by atoms with E-state index in [9.17, 15) is 10.4 Å². The van der Waals surface area contributed by atoms with Crippen LogP contribution in [0.5, 0.6) is 0 Å². The fourth-order valence-electron chi connectivity index (χ4n) is 10.3. The smallest absolute Gasteiger partial charge is 0.102 e. The molecule has 188 valence electrons. The molecule has 0 aromatic carbocycles. The number of hydrogen-bond donors (Lipinski definition) is 1. The Morgan fingerprint density at radius 1 is 1.15 bits per heavy atom. The van der Waals surface area contributed by atoms with Crippen LogP contribution in [0.4, 0.5) is 0 Å². The Kier molecular flexibility index (Phi) is 6.64. The van der Waals surface area contributed by atoms with Crippen LogP contribution in [0.15, 0.2) is 12.4 Å². The van der Waals surface area contributed by atoms with Gasteiger partial charge in [0.25, 0.3) is 0 Å². The Bertz CT molecular complexity index is 899. The number of aromatic nitrogens is 2. The molecule has 0 radical (unpaired) electrons. The molecule has 1 aromatic heterocycles. The second kappa shape index (κ2) is 9.27. The van der Waals surface area contributed by atoms with Crippen molar-refractivity contribution in [2.24, 2.45) is 52.8 Å². The predicted molar refractivity (Wildman–Crippen MR) is 136 cm³/mol. The number of aliphatic hydroxyl groups is 1. The van der Waals surface area contributed by atoms with Gasteiger partial charge in [0.15, 0.2) is 0 Å². The summed E-state index contributed by atoms with van der Waals surface area (Å²) in [4.78, 5) is 0. The number of nitrogens with zero attached hydrogens (tertiary/aromatic N) is 3. The van der Waals surface area contributed by atoms with E-state index in [0.717, 1.165) is 47.8 Å². The van der Waals surface area contributed by atoms with Crippen molar-refractivity contribution in [3.63, 3.8) is 0 Å². The maximum atomic E-state index is 11.9. The molecule has 34 heavy (non-hydrogen) atoms. The van der Waals surface area contributed by atoms with Gasteiger partial charge in [-0.3, -0.25) is 4.68 Å². The van der Waals surface area contributed by atoms with Gasteiger partial charge in [-0.25, -0.2) is 0 Å². The normalized spacial score (nSPS) is 43.6. The molecule has 1 heterocycles. The molecule has 5 rings (SSSR count). The average molecular weight is 466 g/mol. The van der Waals surface area contributed by atoms with Crippen LogP contribution in [-0.2, 0) is 6.54 Å². The lowest BCUT2D eigenvalue weighted by Crippen LogP contribution is -2.60. The maximum absolute atomic E-state index is 11.9. The van der Waals surface area contributed by atoms with Crippen LogP contribution < -0.4 is 0 Å². The van der Waals surface area contributed by atoms with E-state index < -0.39 is 5.60 Å². The van der Waals surface area contributed by atoms with Crippen molar-refractivity contribution in [3.8, 4) is 6.07 Å². The van der Waals surface area contributed by atoms with Crippen molar-refractivity contribution >= 4 is 0 Å². The summed E-state index contributed by atoms with van der Waals surface area (Å²) in [6, 6.07) is 2.17. The molecule has 10 atom stereocenters. The number of fused-ring (bicyclic) bond motifs is 5. The van der Waals surface area contributed by atoms with Gasteiger partial charge in [-0.05, 0) is 105 Å². The molecular weight excluding hydrogens is 418 g/mol. The third-order valence-electron chi connectivity index (χ3n) is 11.4. The SMILES string of the molecule is CCC[C@H]1CC[C@H]2C(CC[C@@H]3C2CC[C@@]2(C)C3[C@H](C)CC[C@@H]2[C@@](C)(O)Cn2cc(C#N)cn2)C1. The number of nitriles is 1. The van der Waals surface area contributed by atoms with Crippen molar-refractivity contribution in [1.82, 2.24) is 9.78 Å². The minimum absolute atomic E-state index is 0.194. The highest BCUT2D eigenvalue weighted by molar-refractivity contribution is 5.21. The molecule has 4 heteroatoms. The van der Waals surface area contributed by atoms with Gasteiger partial charge in [0.05, 0.1) is 23.9 Å². The van der Waals surface area contributed by atoms with E-state index >= 15 is 0 Å². The molecule has 3 unspecified atom stereocenters. The Labute approximate surface area is 207 Å². The van der Waals surface area contributed by atoms with E-state index in [4.69, 9.17) is 0 Å². The summed E-state index contributed by atoms with van der Waals surface area (Å²) >= 11 is 0. The van der Waals surface area contributed by atoms with E-state index in [-0.39, 0.29) is 11.3 Å². The molecule has 0 bridgehead atoms. The first-order chi connectivity index (χ1) is 16.3. The first-order valence-corrected chi connectivity index (χ1v) is 14.4. The van der Waals surface area contributed by atoms with E-state index in [1.807, 2.05) is 6.92 Å². The lowest BCUT2D eigenvalue weighted by molar-refractivity contribution is -0.180. The summed E-state index contributed by atoms with van der Waals surface area (Å²) in [6.45, 7) is 9.94. The summed E-state index contributed by atoms with van der Waals surface area (Å²) in [6.07, 6.45) is 18.5. The van der Waals surface area contributed by atoms with Crippen LogP contribution in [0.1, 0.15) is 104 Å². The monoisotopic (exact) mass is 465 g/mol. The highest BCUT2D eigenvalue weighted by Gasteiger charge is 2.60.